The van der Waals surface area contributed by atoms with Gasteiger partial charge in [-0.2, -0.15) is 5.26 Å². The summed E-state index contributed by atoms with van der Waals surface area (Å²) in [4.78, 5) is 4.38. The van der Waals surface area contributed by atoms with Gasteiger partial charge in [0, 0.05) is 11.1 Å². The van der Waals surface area contributed by atoms with Gasteiger partial charge in [0.25, 0.3) is 5.22 Å². The Morgan fingerprint density at radius 1 is 1.29 bits per heavy atom. The van der Waals surface area contributed by atoms with E-state index in [9.17, 15) is 0 Å². The Labute approximate surface area is 147 Å². The Hall–Kier alpha value is -2.37. The molecule has 3 rings (SSSR count). The molecular formula is C16H14N4O2S2. The maximum atomic E-state index is 8.74. The van der Waals surface area contributed by atoms with Crippen molar-refractivity contribution in [1.82, 2.24) is 15.2 Å². The molecule has 0 N–H and O–H groups in total. The van der Waals surface area contributed by atoms with E-state index >= 15 is 0 Å². The molecule has 1 aromatic carbocycles. The Bertz CT molecular complexity index is 836. The van der Waals surface area contributed by atoms with E-state index in [1.165, 1.54) is 11.8 Å². The molecule has 0 bridgehead atoms. The zero-order chi connectivity index (χ0) is 16.8. The van der Waals surface area contributed by atoms with E-state index in [-0.39, 0.29) is 0 Å². The largest absolute Gasteiger partial charge is 0.493 e. The fourth-order valence-electron chi connectivity index (χ4n) is 1.93. The number of benzene rings is 1. The molecule has 0 radical (unpaired) electrons. The number of aromatic nitrogens is 3. The van der Waals surface area contributed by atoms with Crippen molar-refractivity contribution in [2.45, 2.75) is 18.6 Å². The lowest BCUT2D eigenvalue weighted by molar-refractivity contribution is 0.343. The van der Waals surface area contributed by atoms with Crippen molar-refractivity contribution in [2.24, 2.45) is 0 Å². The molecule has 0 saturated carbocycles. The highest BCUT2D eigenvalue weighted by Crippen LogP contribution is 2.19. The molecule has 122 valence electrons. The average molecular weight is 358 g/mol. The predicted octanol–water partition coefficient (Wildman–Crippen LogP) is 3.47. The third kappa shape index (κ3) is 4.57. The zero-order valence-corrected chi connectivity index (χ0v) is 14.6. The van der Waals surface area contributed by atoms with E-state index < -0.39 is 0 Å². The highest BCUT2D eigenvalue weighted by molar-refractivity contribution is 7.99. The van der Waals surface area contributed by atoms with Gasteiger partial charge in [0.1, 0.15) is 5.75 Å². The maximum Gasteiger partial charge on any atom is 0.276 e. The lowest BCUT2D eigenvalue weighted by Gasteiger charge is -2.04. The summed E-state index contributed by atoms with van der Waals surface area (Å²) in [5.41, 5.74) is 1.56. The topological polar surface area (TPSA) is 84.8 Å². The van der Waals surface area contributed by atoms with Crippen LogP contribution in [-0.4, -0.2) is 27.5 Å². The molecule has 0 spiro atoms. The van der Waals surface area contributed by atoms with Crippen molar-refractivity contribution >= 4 is 23.1 Å². The molecule has 0 unspecified atom stereocenters. The van der Waals surface area contributed by atoms with Gasteiger partial charge in [-0.05, 0) is 31.2 Å². The summed E-state index contributed by atoms with van der Waals surface area (Å²) in [7, 11) is 0. The van der Waals surface area contributed by atoms with Crippen LogP contribution in [0.2, 0.25) is 0 Å². The normalized spacial score (nSPS) is 10.5. The van der Waals surface area contributed by atoms with Crippen LogP contribution in [0.5, 0.6) is 5.75 Å². The van der Waals surface area contributed by atoms with Crippen LogP contribution in [0.15, 0.2) is 39.3 Å². The van der Waals surface area contributed by atoms with Gasteiger partial charge < -0.3 is 9.15 Å². The van der Waals surface area contributed by atoms with E-state index in [4.69, 9.17) is 14.4 Å². The molecule has 24 heavy (non-hydrogen) atoms. The van der Waals surface area contributed by atoms with Crippen molar-refractivity contribution < 1.29 is 9.15 Å². The Morgan fingerprint density at radius 3 is 2.83 bits per heavy atom. The molecule has 2 heterocycles. The summed E-state index contributed by atoms with van der Waals surface area (Å²) in [6.07, 6.45) is 0.555. The van der Waals surface area contributed by atoms with Crippen LogP contribution in [0.25, 0.3) is 0 Å². The second-order valence-corrected chi connectivity index (χ2v) is 6.94. The quantitative estimate of drug-likeness (QED) is 0.472. The smallest absolute Gasteiger partial charge is 0.276 e. The Balaban J connectivity index is 1.43. The minimum atomic E-state index is 0.513. The van der Waals surface area contributed by atoms with Crippen molar-refractivity contribution in [3.63, 3.8) is 0 Å². The SMILES string of the molecule is Cc1nc(Cc2nnc(SCCOc3ccc(C#N)cc3)o2)cs1. The number of aryl methyl sites for hydroxylation is 1. The van der Waals surface area contributed by atoms with Gasteiger partial charge in [0.2, 0.25) is 5.89 Å². The van der Waals surface area contributed by atoms with Crippen LogP contribution in [0.1, 0.15) is 22.2 Å². The van der Waals surface area contributed by atoms with Gasteiger partial charge in [0.05, 0.1) is 35.4 Å². The number of hydrogen-bond acceptors (Lipinski definition) is 8. The molecule has 0 saturated heterocycles. The number of hydrogen-bond donors (Lipinski definition) is 0. The molecule has 3 aromatic rings. The summed E-state index contributed by atoms with van der Waals surface area (Å²) in [5.74, 6) is 1.99. The number of thioether (sulfide) groups is 1. The van der Waals surface area contributed by atoms with Crippen LogP contribution in [0.4, 0.5) is 0 Å². The van der Waals surface area contributed by atoms with Crippen molar-refractivity contribution in [1.29, 1.82) is 5.26 Å². The molecule has 0 fully saturated rings. The highest BCUT2D eigenvalue weighted by atomic mass is 32.2. The van der Waals surface area contributed by atoms with E-state index in [0.29, 0.717) is 35.5 Å². The number of nitriles is 1. The third-order valence-corrected chi connectivity index (χ3v) is 4.61. The summed E-state index contributed by atoms with van der Waals surface area (Å²) in [6, 6.07) is 9.09. The molecule has 0 aliphatic carbocycles. The van der Waals surface area contributed by atoms with E-state index in [2.05, 4.69) is 21.3 Å². The zero-order valence-electron chi connectivity index (χ0n) is 12.9. The first-order valence-electron chi connectivity index (χ1n) is 7.22. The number of thiazole rings is 1. The van der Waals surface area contributed by atoms with Crippen LogP contribution >= 0.6 is 23.1 Å². The molecule has 0 aliphatic heterocycles. The standard InChI is InChI=1S/C16H14N4O2S2/c1-11-18-13(10-24-11)8-15-19-20-16(22-15)23-7-6-21-14-4-2-12(9-17)3-5-14/h2-5,10H,6-8H2,1H3. The third-order valence-electron chi connectivity index (χ3n) is 3.01. The number of rotatable bonds is 7. The van der Waals surface area contributed by atoms with Gasteiger partial charge in [-0.15, -0.1) is 21.5 Å². The lowest BCUT2D eigenvalue weighted by Crippen LogP contribution is -1.99. The first kappa shape index (κ1) is 16.5. The Morgan fingerprint density at radius 2 is 2.12 bits per heavy atom. The van der Waals surface area contributed by atoms with E-state index in [0.717, 1.165) is 16.5 Å². The number of ether oxygens (including phenoxy) is 1. The minimum absolute atomic E-state index is 0.513. The fourth-order valence-corrected chi connectivity index (χ4v) is 3.13. The van der Waals surface area contributed by atoms with E-state index in [1.54, 1.807) is 35.6 Å². The van der Waals surface area contributed by atoms with Crippen LogP contribution in [0.3, 0.4) is 0 Å². The van der Waals surface area contributed by atoms with Crippen LogP contribution in [-0.2, 0) is 6.42 Å². The lowest BCUT2D eigenvalue weighted by atomic mass is 10.2. The summed E-state index contributed by atoms with van der Waals surface area (Å²) in [6.45, 7) is 2.48. The first-order chi connectivity index (χ1) is 11.7. The summed E-state index contributed by atoms with van der Waals surface area (Å²) in [5, 5.41) is 20.3. The second kappa shape index (κ2) is 7.95. The molecule has 0 amide bonds. The van der Waals surface area contributed by atoms with Gasteiger partial charge in [0.15, 0.2) is 0 Å². The van der Waals surface area contributed by atoms with Gasteiger partial charge in [-0.25, -0.2) is 4.98 Å². The van der Waals surface area contributed by atoms with Crippen molar-refractivity contribution in [2.75, 3.05) is 12.4 Å². The molecular weight excluding hydrogens is 344 g/mol. The van der Waals surface area contributed by atoms with Crippen LogP contribution < -0.4 is 4.74 Å². The molecule has 2 aromatic heterocycles. The predicted molar refractivity (Wildman–Crippen MR) is 91.3 cm³/mol. The van der Waals surface area contributed by atoms with Crippen molar-refractivity contribution in [3.8, 4) is 11.8 Å². The Kier molecular flexibility index (Phi) is 5.46. The minimum Gasteiger partial charge on any atom is -0.493 e. The van der Waals surface area contributed by atoms with E-state index in [1.807, 2.05) is 12.3 Å². The summed E-state index contributed by atoms with van der Waals surface area (Å²) < 4.78 is 11.2. The van der Waals surface area contributed by atoms with Gasteiger partial charge in [-0.1, -0.05) is 11.8 Å². The molecule has 0 aliphatic rings. The molecule has 8 heteroatoms. The second-order valence-electron chi connectivity index (χ2n) is 4.83. The monoisotopic (exact) mass is 358 g/mol. The van der Waals surface area contributed by atoms with Gasteiger partial charge >= 0.3 is 0 Å². The highest BCUT2D eigenvalue weighted by Gasteiger charge is 2.09. The van der Waals surface area contributed by atoms with Gasteiger partial charge in [-0.3, -0.25) is 0 Å². The van der Waals surface area contributed by atoms with Crippen molar-refractivity contribution in [3.05, 3.63) is 51.8 Å². The first-order valence-corrected chi connectivity index (χ1v) is 9.08. The average Bonchev–Trinajstić information content (AvgIpc) is 3.21. The molecule has 0 atom stereocenters. The summed E-state index contributed by atoms with van der Waals surface area (Å²) >= 11 is 3.06. The number of nitrogens with zero attached hydrogens (tertiary/aromatic N) is 4. The molecule has 6 nitrogen and oxygen atoms in total. The fraction of sp³-hybridized carbons (Fsp3) is 0.250. The van der Waals surface area contributed by atoms with Crippen LogP contribution in [0, 0.1) is 18.3 Å². The maximum absolute atomic E-state index is 8.74.